The maximum absolute atomic E-state index is 10.7. The van der Waals surface area contributed by atoms with Crippen LogP contribution < -0.4 is 11.1 Å². The van der Waals surface area contributed by atoms with Gasteiger partial charge in [0.2, 0.25) is 0 Å². The van der Waals surface area contributed by atoms with Crippen LogP contribution in [0.1, 0.15) is 10.4 Å². The van der Waals surface area contributed by atoms with Gasteiger partial charge in [-0.15, -0.1) is 0 Å². The molecule has 0 heterocycles. The van der Waals surface area contributed by atoms with E-state index in [0.717, 1.165) is 0 Å². The first-order chi connectivity index (χ1) is 8.65. The van der Waals surface area contributed by atoms with Crippen LogP contribution in [0, 0.1) is 0 Å². The molecule has 0 atom stereocenters. The summed E-state index contributed by atoms with van der Waals surface area (Å²) in [4.78, 5) is 10.7. The Morgan fingerprint density at radius 2 is 2.17 bits per heavy atom. The van der Waals surface area contributed by atoms with Gasteiger partial charge in [-0.3, -0.25) is 0 Å². The van der Waals surface area contributed by atoms with Crippen molar-refractivity contribution >= 4 is 17.3 Å². The lowest BCUT2D eigenvalue weighted by Crippen LogP contribution is -2.13. The van der Waals surface area contributed by atoms with E-state index in [1.165, 1.54) is 12.1 Å². The van der Waals surface area contributed by atoms with Gasteiger partial charge in [0.15, 0.2) is 0 Å². The number of nitrogens with two attached hydrogens (primary N) is 1. The van der Waals surface area contributed by atoms with Gasteiger partial charge >= 0.3 is 5.97 Å². The molecule has 1 aromatic rings. The van der Waals surface area contributed by atoms with Crippen LogP contribution in [0.4, 0.5) is 11.4 Å². The van der Waals surface area contributed by atoms with Crippen molar-refractivity contribution in [2.45, 2.75) is 0 Å². The van der Waals surface area contributed by atoms with Gasteiger partial charge in [0, 0.05) is 13.7 Å². The Morgan fingerprint density at radius 1 is 1.39 bits per heavy atom. The van der Waals surface area contributed by atoms with E-state index in [-0.39, 0.29) is 5.56 Å². The molecule has 0 saturated carbocycles. The van der Waals surface area contributed by atoms with Crippen molar-refractivity contribution in [1.29, 1.82) is 0 Å². The fourth-order valence-electron chi connectivity index (χ4n) is 1.36. The minimum Gasteiger partial charge on any atom is -0.478 e. The van der Waals surface area contributed by atoms with E-state index in [2.05, 4.69) is 5.32 Å². The lowest BCUT2D eigenvalue weighted by molar-refractivity contribution is 0.0697. The van der Waals surface area contributed by atoms with Crippen molar-refractivity contribution in [3.05, 3.63) is 23.8 Å². The zero-order valence-corrected chi connectivity index (χ0v) is 10.3. The molecule has 0 fully saturated rings. The van der Waals surface area contributed by atoms with Crippen LogP contribution in [-0.4, -0.2) is 44.6 Å². The quantitative estimate of drug-likeness (QED) is 0.474. The van der Waals surface area contributed by atoms with Crippen molar-refractivity contribution in [3.8, 4) is 0 Å². The van der Waals surface area contributed by atoms with Crippen LogP contribution in [-0.2, 0) is 9.47 Å². The van der Waals surface area contributed by atoms with Crippen molar-refractivity contribution in [2.75, 3.05) is 44.5 Å². The molecule has 0 saturated heterocycles. The fraction of sp³-hybridized carbons (Fsp3) is 0.417. The van der Waals surface area contributed by atoms with E-state index in [1.54, 1.807) is 13.2 Å². The third-order valence-corrected chi connectivity index (χ3v) is 2.29. The summed E-state index contributed by atoms with van der Waals surface area (Å²) in [5.41, 5.74) is 7.02. The summed E-state index contributed by atoms with van der Waals surface area (Å²) in [5, 5.41) is 11.9. The molecular weight excluding hydrogens is 236 g/mol. The van der Waals surface area contributed by atoms with Gasteiger partial charge in [-0.1, -0.05) is 0 Å². The minimum absolute atomic E-state index is 0.175. The number of anilines is 2. The van der Waals surface area contributed by atoms with E-state index in [9.17, 15) is 4.79 Å². The Bertz CT molecular complexity index is 396. The third-order valence-electron chi connectivity index (χ3n) is 2.29. The highest BCUT2D eigenvalue weighted by Gasteiger charge is 2.05. The van der Waals surface area contributed by atoms with E-state index in [1.807, 2.05) is 0 Å². The Balaban J connectivity index is 2.36. The molecule has 0 aliphatic carbocycles. The first-order valence-electron chi connectivity index (χ1n) is 5.58. The molecule has 6 heteroatoms. The van der Waals surface area contributed by atoms with Crippen LogP contribution in [0.3, 0.4) is 0 Å². The van der Waals surface area contributed by atoms with Crippen molar-refractivity contribution < 1.29 is 19.4 Å². The molecule has 4 N–H and O–H groups in total. The third kappa shape index (κ3) is 4.60. The lowest BCUT2D eigenvalue weighted by Gasteiger charge is -2.10. The monoisotopic (exact) mass is 254 g/mol. The maximum Gasteiger partial charge on any atom is 0.335 e. The number of ether oxygens (including phenoxy) is 2. The standard InChI is InChI=1S/C12H18N2O4/c1-17-6-7-18-5-4-14-11-3-2-9(12(15)16)8-10(11)13/h2-3,8,14H,4-7,13H2,1H3,(H,15,16). The van der Waals surface area contributed by atoms with Gasteiger partial charge in [-0.25, -0.2) is 4.79 Å². The summed E-state index contributed by atoms with van der Waals surface area (Å²) in [5.74, 6) is -0.990. The number of hydrogen-bond acceptors (Lipinski definition) is 5. The average Bonchev–Trinajstić information content (AvgIpc) is 2.35. The topological polar surface area (TPSA) is 93.8 Å². The predicted octanol–water partition coefficient (Wildman–Crippen LogP) is 1.04. The van der Waals surface area contributed by atoms with E-state index in [0.29, 0.717) is 37.7 Å². The maximum atomic E-state index is 10.7. The van der Waals surface area contributed by atoms with Crippen molar-refractivity contribution in [3.63, 3.8) is 0 Å². The van der Waals surface area contributed by atoms with E-state index < -0.39 is 5.97 Å². The molecule has 0 unspecified atom stereocenters. The summed E-state index contributed by atoms with van der Waals surface area (Å²) in [6.07, 6.45) is 0. The molecule has 18 heavy (non-hydrogen) atoms. The first kappa shape index (κ1) is 14.3. The SMILES string of the molecule is COCCOCCNc1ccc(C(=O)O)cc1N. The Morgan fingerprint density at radius 3 is 2.78 bits per heavy atom. The summed E-state index contributed by atoms with van der Waals surface area (Å²) in [6.45, 7) is 2.24. The van der Waals surface area contributed by atoms with Crippen LogP contribution in [0.5, 0.6) is 0 Å². The fourth-order valence-corrected chi connectivity index (χ4v) is 1.36. The van der Waals surface area contributed by atoms with Gasteiger partial charge in [0.1, 0.15) is 0 Å². The second kappa shape index (κ2) is 7.52. The van der Waals surface area contributed by atoms with Gasteiger partial charge in [-0.2, -0.15) is 0 Å². The Labute approximate surface area is 106 Å². The number of aromatic carboxylic acids is 1. The molecule has 0 bridgehead atoms. The predicted molar refractivity (Wildman–Crippen MR) is 69.0 cm³/mol. The Kier molecular flexibility index (Phi) is 5.96. The number of carboxylic acid groups (broad SMARTS) is 1. The van der Waals surface area contributed by atoms with Crippen molar-refractivity contribution in [2.24, 2.45) is 0 Å². The molecule has 1 aromatic carbocycles. The Hall–Kier alpha value is -1.79. The second-order valence-electron chi connectivity index (χ2n) is 3.64. The molecule has 0 spiro atoms. The van der Waals surface area contributed by atoms with Crippen LogP contribution in [0.25, 0.3) is 0 Å². The summed E-state index contributed by atoms with van der Waals surface area (Å²) in [7, 11) is 1.62. The van der Waals surface area contributed by atoms with Gasteiger partial charge in [0.05, 0.1) is 36.8 Å². The number of carbonyl (C=O) groups is 1. The highest BCUT2D eigenvalue weighted by Crippen LogP contribution is 2.19. The number of methoxy groups -OCH3 is 1. The molecule has 100 valence electrons. The van der Waals surface area contributed by atoms with Gasteiger partial charge < -0.3 is 25.6 Å². The van der Waals surface area contributed by atoms with Crippen molar-refractivity contribution in [1.82, 2.24) is 0 Å². The highest BCUT2D eigenvalue weighted by molar-refractivity contribution is 5.90. The zero-order chi connectivity index (χ0) is 13.4. The molecule has 0 aliphatic rings. The number of benzene rings is 1. The molecular formula is C12H18N2O4. The number of nitrogens with one attached hydrogen (secondary N) is 1. The normalized spacial score (nSPS) is 10.3. The molecule has 0 radical (unpaired) electrons. The average molecular weight is 254 g/mol. The number of rotatable bonds is 8. The number of carboxylic acids is 1. The molecule has 0 aromatic heterocycles. The first-order valence-corrected chi connectivity index (χ1v) is 5.58. The molecule has 6 nitrogen and oxygen atoms in total. The summed E-state index contributed by atoms with van der Waals surface area (Å²) in [6, 6.07) is 4.58. The van der Waals surface area contributed by atoms with Gasteiger partial charge in [0.25, 0.3) is 0 Å². The second-order valence-corrected chi connectivity index (χ2v) is 3.64. The van der Waals surface area contributed by atoms with Gasteiger partial charge in [-0.05, 0) is 18.2 Å². The summed E-state index contributed by atoms with van der Waals surface area (Å²) >= 11 is 0. The van der Waals surface area contributed by atoms with E-state index >= 15 is 0 Å². The molecule has 0 aliphatic heterocycles. The van der Waals surface area contributed by atoms with Crippen LogP contribution in [0.15, 0.2) is 18.2 Å². The zero-order valence-electron chi connectivity index (χ0n) is 10.3. The largest absolute Gasteiger partial charge is 0.478 e. The number of hydrogen-bond donors (Lipinski definition) is 3. The smallest absolute Gasteiger partial charge is 0.335 e. The molecule has 1 rings (SSSR count). The highest BCUT2D eigenvalue weighted by atomic mass is 16.5. The minimum atomic E-state index is -0.990. The lowest BCUT2D eigenvalue weighted by atomic mass is 10.2. The van der Waals surface area contributed by atoms with Crippen LogP contribution >= 0.6 is 0 Å². The van der Waals surface area contributed by atoms with E-state index in [4.69, 9.17) is 20.3 Å². The number of nitrogen functional groups attached to an aromatic ring is 1. The molecule has 0 amide bonds. The summed E-state index contributed by atoms with van der Waals surface area (Å²) < 4.78 is 10.1. The van der Waals surface area contributed by atoms with Crippen LogP contribution in [0.2, 0.25) is 0 Å².